The zero-order valence-electron chi connectivity index (χ0n) is 12.7. The van der Waals surface area contributed by atoms with Crippen molar-refractivity contribution in [2.24, 2.45) is 5.92 Å². The first kappa shape index (κ1) is 16.9. The van der Waals surface area contributed by atoms with Crippen LogP contribution >= 0.6 is 0 Å². The zero-order chi connectivity index (χ0) is 15.7. The number of aromatic nitrogens is 1. The molecule has 1 heterocycles. The van der Waals surface area contributed by atoms with Gasteiger partial charge in [-0.05, 0) is 26.0 Å². The fourth-order valence-electron chi connectivity index (χ4n) is 1.79. The summed E-state index contributed by atoms with van der Waals surface area (Å²) in [4.78, 5) is 18.3. The van der Waals surface area contributed by atoms with E-state index in [9.17, 15) is 4.79 Å². The van der Waals surface area contributed by atoms with Crippen LogP contribution in [0.4, 0.5) is 0 Å². The van der Waals surface area contributed by atoms with Gasteiger partial charge < -0.3 is 14.4 Å². The fraction of sp³-hybridized carbons (Fsp3) is 0.533. The summed E-state index contributed by atoms with van der Waals surface area (Å²) in [6.07, 6.45) is 1.58. The molecule has 6 nitrogen and oxygen atoms in total. The highest BCUT2D eigenvalue weighted by atomic mass is 16.5. The van der Waals surface area contributed by atoms with Gasteiger partial charge in [-0.2, -0.15) is 5.26 Å². The van der Waals surface area contributed by atoms with Gasteiger partial charge in [-0.3, -0.25) is 4.79 Å². The summed E-state index contributed by atoms with van der Waals surface area (Å²) >= 11 is 0. The molecule has 0 spiro atoms. The van der Waals surface area contributed by atoms with Gasteiger partial charge >= 0.3 is 0 Å². The van der Waals surface area contributed by atoms with Crippen LogP contribution in [0.5, 0.6) is 5.88 Å². The predicted molar refractivity (Wildman–Crippen MR) is 78.0 cm³/mol. The highest BCUT2D eigenvalue weighted by Gasteiger charge is 2.20. The molecule has 1 unspecified atom stereocenters. The molecular weight excluding hydrogens is 270 g/mol. The lowest BCUT2D eigenvalue weighted by Gasteiger charge is -2.22. The predicted octanol–water partition coefficient (Wildman–Crippen LogP) is 1.73. The van der Waals surface area contributed by atoms with Gasteiger partial charge in [0, 0.05) is 26.4 Å². The molecule has 0 aliphatic rings. The van der Waals surface area contributed by atoms with Crippen molar-refractivity contribution in [3.05, 3.63) is 23.9 Å². The minimum absolute atomic E-state index is 0.180. The molecule has 1 aromatic rings. The molecule has 1 amide bonds. The molecule has 0 bridgehead atoms. The molecule has 0 radical (unpaired) electrons. The average Bonchev–Trinajstić information content (AvgIpc) is 2.52. The molecule has 0 saturated carbocycles. The van der Waals surface area contributed by atoms with Crippen LogP contribution in [0.3, 0.4) is 0 Å². The minimum Gasteiger partial charge on any atom is -0.475 e. The number of rotatable bonds is 8. The van der Waals surface area contributed by atoms with Gasteiger partial charge in [0.05, 0.1) is 18.6 Å². The second-order valence-electron chi connectivity index (χ2n) is 4.57. The van der Waals surface area contributed by atoms with Crippen molar-refractivity contribution in [3.8, 4) is 11.9 Å². The monoisotopic (exact) mass is 291 g/mol. The van der Waals surface area contributed by atoms with Crippen LogP contribution in [0.1, 0.15) is 24.2 Å². The first-order valence-electron chi connectivity index (χ1n) is 6.89. The normalized spacial score (nSPS) is 11.5. The number of nitrogens with zero attached hydrogens (tertiary/aromatic N) is 3. The molecule has 1 aromatic heterocycles. The Kier molecular flexibility index (Phi) is 7.19. The minimum atomic E-state index is -0.219. The quantitative estimate of drug-likeness (QED) is 0.682. The van der Waals surface area contributed by atoms with Crippen molar-refractivity contribution in [2.75, 3.05) is 33.4 Å². The van der Waals surface area contributed by atoms with Crippen molar-refractivity contribution < 1.29 is 14.3 Å². The summed E-state index contributed by atoms with van der Waals surface area (Å²) in [6.45, 7) is 5.33. The van der Waals surface area contributed by atoms with Crippen molar-refractivity contribution in [3.63, 3.8) is 0 Å². The van der Waals surface area contributed by atoms with Crippen molar-refractivity contribution in [1.82, 2.24) is 9.88 Å². The molecule has 21 heavy (non-hydrogen) atoms. The van der Waals surface area contributed by atoms with E-state index in [0.29, 0.717) is 37.7 Å². The van der Waals surface area contributed by atoms with Crippen LogP contribution < -0.4 is 4.74 Å². The third kappa shape index (κ3) is 5.04. The highest BCUT2D eigenvalue weighted by molar-refractivity contribution is 5.96. The van der Waals surface area contributed by atoms with Gasteiger partial charge in [0.2, 0.25) is 5.88 Å². The summed E-state index contributed by atoms with van der Waals surface area (Å²) in [7, 11) is 1.58. The maximum Gasteiger partial charge on any atom is 0.259 e. The van der Waals surface area contributed by atoms with Crippen LogP contribution in [-0.2, 0) is 4.74 Å². The summed E-state index contributed by atoms with van der Waals surface area (Å²) in [5.74, 6) is -0.105. The number of hydrogen-bond acceptors (Lipinski definition) is 5. The second-order valence-corrected chi connectivity index (χ2v) is 4.57. The zero-order valence-corrected chi connectivity index (χ0v) is 12.7. The van der Waals surface area contributed by atoms with Gasteiger partial charge in [0.1, 0.15) is 12.2 Å². The van der Waals surface area contributed by atoms with Crippen molar-refractivity contribution in [2.45, 2.75) is 13.8 Å². The third-order valence-corrected chi connectivity index (χ3v) is 2.91. The van der Waals surface area contributed by atoms with Crippen LogP contribution in [0.15, 0.2) is 18.3 Å². The highest BCUT2D eigenvalue weighted by Crippen LogP contribution is 2.17. The number of amides is 1. The molecular formula is C15H21N3O3. The van der Waals surface area contributed by atoms with E-state index in [1.807, 2.05) is 6.92 Å². The van der Waals surface area contributed by atoms with E-state index >= 15 is 0 Å². The molecule has 0 aromatic carbocycles. The number of pyridine rings is 1. The second kappa shape index (κ2) is 8.93. The molecule has 0 saturated heterocycles. The van der Waals surface area contributed by atoms with Gasteiger partial charge in [-0.15, -0.1) is 0 Å². The molecule has 0 aliphatic carbocycles. The van der Waals surface area contributed by atoms with E-state index in [-0.39, 0.29) is 11.8 Å². The molecule has 114 valence electrons. The van der Waals surface area contributed by atoms with Crippen LogP contribution in [0.25, 0.3) is 0 Å². The van der Waals surface area contributed by atoms with E-state index in [0.717, 1.165) is 0 Å². The Bertz CT molecular complexity index is 499. The number of carbonyl (C=O) groups excluding carboxylic acids is 1. The smallest absolute Gasteiger partial charge is 0.259 e. The Morgan fingerprint density at radius 1 is 1.52 bits per heavy atom. The fourth-order valence-corrected chi connectivity index (χ4v) is 1.79. The van der Waals surface area contributed by atoms with E-state index in [4.69, 9.17) is 14.7 Å². The lowest BCUT2D eigenvalue weighted by Crippen LogP contribution is -2.34. The van der Waals surface area contributed by atoms with E-state index in [2.05, 4.69) is 11.1 Å². The van der Waals surface area contributed by atoms with Gasteiger partial charge in [0.15, 0.2) is 0 Å². The van der Waals surface area contributed by atoms with Crippen molar-refractivity contribution >= 4 is 5.91 Å². The maximum absolute atomic E-state index is 12.5. The Labute approximate surface area is 125 Å². The van der Waals surface area contributed by atoms with E-state index in [1.165, 1.54) is 0 Å². The Hall–Kier alpha value is -2.13. The van der Waals surface area contributed by atoms with Crippen LogP contribution in [-0.4, -0.2) is 49.2 Å². The van der Waals surface area contributed by atoms with E-state index < -0.39 is 0 Å². The van der Waals surface area contributed by atoms with Crippen molar-refractivity contribution in [1.29, 1.82) is 5.26 Å². The van der Waals surface area contributed by atoms with Gasteiger partial charge in [0.25, 0.3) is 5.91 Å². The Balaban J connectivity index is 2.87. The first-order chi connectivity index (χ1) is 10.1. The van der Waals surface area contributed by atoms with E-state index in [1.54, 1.807) is 37.3 Å². The molecule has 0 fully saturated rings. The number of methoxy groups -OCH3 is 1. The third-order valence-electron chi connectivity index (χ3n) is 2.91. The van der Waals surface area contributed by atoms with Gasteiger partial charge in [-0.1, -0.05) is 0 Å². The average molecular weight is 291 g/mol. The Morgan fingerprint density at radius 2 is 2.29 bits per heavy atom. The number of ether oxygens (including phenoxy) is 2. The lowest BCUT2D eigenvalue weighted by molar-refractivity contribution is 0.0744. The molecule has 0 N–H and O–H groups in total. The molecule has 1 rings (SSSR count). The molecule has 6 heteroatoms. The summed E-state index contributed by atoms with van der Waals surface area (Å²) in [5, 5.41) is 8.89. The topological polar surface area (TPSA) is 75.5 Å². The maximum atomic E-state index is 12.5. The van der Waals surface area contributed by atoms with Crippen LogP contribution in [0.2, 0.25) is 0 Å². The number of nitriles is 1. The molecule has 0 aliphatic heterocycles. The summed E-state index contributed by atoms with van der Waals surface area (Å²) in [5.41, 5.74) is 0.403. The molecule has 1 atom stereocenters. The van der Waals surface area contributed by atoms with Crippen LogP contribution in [0, 0.1) is 17.2 Å². The summed E-state index contributed by atoms with van der Waals surface area (Å²) < 4.78 is 10.4. The first-order valence-corrected chi connectivity index (χ1v) is 6.89. The number of carbonyl (C=O) groups is 1. The number of hydrogen-bond donors (Lipinski definition) is 0. The standard InChI is InChI=1S/C15H21N3O3/c1-4-18(11-12(2)10-16)15(19)13-6-5-7-17-14(13)21-9-8-20-3/h5-7,12H,4,8-9,11H2,1-3H3. The Morgan fingerprint density at radius 3 is 2.90 bits per heavy atom. The van der Waals surface area contributed by atoms with Gasteiger partial charge in [-0.25, -0.2) is 4.98 Å². The SMILES string of the molecule is CCN(CC(C)C#N)C(=O)c1cccnc1OCCOC. The summed E-state index contributed by atoms with van der Waals surface area (Å²) in [6, 6.07) is 5.51. The largest absolute Gasteiger partial charge is 0.475 e. The lowest BCUT2D eigenvalue weighted by atomic mass is 10.1.